The van der Waals surface area contributed by atoms with Gasteiger partial charge < -0.3 is 5.32 Å². The quantitative estimate of drug-likeness (QED) is 0.648. The predicted octanol–water partition coefficient (Wildman–Crippen LogP) is 1.91. The van der Waals surface area contributed by atoms with Gasteiger partial charge in [0.25, 0.3) is 5.69 Å². The second kappa shape index (κ2) is 5.72. The monoisotopic (exact) mass is 260 g/mol. The number of anilines is 1. The largest absolute Gasteiger partial charge is 0.378 e. The van der Waals surface area contributed by atoms with Crippen LogP contribution in [0.1, 0.15) is 6.92 Å². The molecule has 0 spiro atoms. The Labute approximate surface area is 101 Å². The molecule has 2 unspecified atom stereocenters. The summed E-state index contributed by atoms with van der Waals surface area (Å²) in [4.78, 5) is 10.1. The summed E-state index contributed by atoms with van der Waals surface area (Å²) in [7, 11) is -1.03. The van der Waals surface area contributed by atoms with Gasteiger partial charge in [-0.1, -0.05) is 0 Å². The number of hydrogen-bond donors (Lipinski definition) is 1. The van der Waals surface area contributed by atoms with Gasteiger partial charge in [0.15, 0.2) is 0 Å². The van der Waals surface area contributed by atoms with Crippen LogP contribution >= 0.6 is 0 Å². The van der Waals surface area contributed by atoms with E-state index in [1.807, 2.05) is 0 Å². The molecule has 1 aromatic carbocycles. The Morgan fingerprint density at radius 3 is 2.76 bits per heavy atom. The van der Waals surface area contributed by atoms with Crippen LogP contribution in [0.15, 0.2) is 18.2 Å². The van der Waals surface area contributed by atoms with E-state index >= 15 is 0 Å². The lowest BCUT2D eigenvalue weighted by atomic mass is 10.2. The molecule has 17 heavy (non-hydrogen) atoms. The van der Waals surface area contributed by atoms with Crippen LogP contribution in [0.2, 0.25) is 0 Å². The standard InChI is InChI=1S/C10H13FN2O3S/c1-7(17(2)16)6-12-9-5-8(11)3-4-10(9)13(14)15/h3-5,7,12H,6H2,1-2H3. The third kappa shape index (κ3) is 3.77. The summed E-state index contributed by atoms with van der Waals surface area (Å²) in [5.74, 6) is -0.552. The molecule has 0 amide bonds. The molecule has 0 aliphatic rings. The Kier molecular flexibility index (Phi) is 4.56. The molecule has 7 heteroatoms. The van der Waals surface area contributed by atoms with Gasteiger partial charge in [-0.2, -0.15) is 0 Å². The van der Waals surface area contributed by atoms with Crippen LogP contribution in [0.3, 0.4) is 0 Å². The first-order chi connectivity index (χ1) is 7.91. The molecule has 2 atom stereocenters. The Morgan fingerprint density at radius 1 is 1.59 bits per heavy atom. The van der Waals surface area contributed by atoms with Crippen LogP contribution in [0, 0.1) is 15.9 Å². The van der Waals surface area contributed by atoms with Crippen LogP contribution in [0.25, 0.3) is 0 Å². The van der Waals surface area contributed by atoms with Crippen LogP contribution in [-0.2, 0) is 10.8 Å². The third-order valence-corrected chi connectivity index (χ3v) is 3.60. The summed E-state index contributed by atoms with van der Waals surface area (Å²) in [6.45, 7) is 2.03. The molecule has 0 aromatic heterocycles. The molecule has 1 rings (SSSR count). The summed E-state index contributed by atoms with van der Waals surface area (Å²) in [5.41, 5.74) is -0.0900. The highest BCUT2D eigenvalue weighted by atomic mass is 32.2. The number of hydrogen-bond acceptors (Lipinski definition) is 4. The van der Waals surface area contributed by atoms with Gasteiger partial charge in [0.2, 0.25) is 0 Å². The minimum Gasteiger partial charge on any atom is -0.378 e. The fourth-order valence-electron chi connectivity index (χ4n) is 1.18. The fraction of sp³-hybridized carbons (Fsp3) is 0.400. The molecular formula is C10H13FN2O3S. The Morgan fingerprint density at radius 2 is 2.24 bits per heavy atom. The first-order valence-corrected chi connectivity index (χ1v) is 6.54. The topological polar surface area (TPSA) is 72.2 Å². The molecule has 0 fully saturated rings. The first-order valence-electron chi connectivity index (χ1n) is 4.92. The van der Waals surface area contributed by atoms with E-state index in [0.717, 1.165) is 18.2 Å². The maximum atomic E-state index is 13.0. The van der Waals surface area contributed by atoms with Crippen molar-refractivity contribution in [3.8, 4) is 0 Å². The number of rotatable bonds is 5. The maximum Gasteiger partial charge on any atom is 0.292 e. The fourth-order valence-corrected chi connectivity index (χ4v) is 1.50. The van der Waals surface area contributed by atoms with Gasteiger partial charge >= 0.3 is 0 Å². The lowest BCUT2D eigenvalue weighted by molar-refractivity contribution is -0.384. The molecule has 0 heterocycles. The summed E-state index contributed by atoms with van der Waals surface area (Å²) in [6.07, 6.45) is 1.55. The van der Waals surface area contributed by atoms with Crippen molar-refractivity contribution < 1.29 is 13.5 Å². The molecule has 0 saturated heterocycles. The zero-order valence-electron chi connectivity index (χ0n) is 9.47. The normalized spacial score (nSPS) is 14.1. The number of halogens is 1. The van der Waals surface area contributed by atoms with E-state index in [0.29, 0.717) is 0 Å². The number of nitrogens with one attached hydrogen (secondary N) is 1. The van der Waals surface area contributed by atoms with Crippen molar-refractivity contribution in [3.05, 3.63) is 34.1 Å². The Hall–Kier alpha value is -1.50. The number of nitrogens with zero attached hydrogens (tertiary/aromatic N) is 1. The molecule has 0 aliphatic carbocycles. The Balaban J connectivity index is 2.85. The zero-order valence-corrected chi connectivity index (χ0v) is 10.3. The molecule has 1 N–H and O–H groups in total. The highest BCUT2D eigenvalue weighted by Gasteiger charge is 2.15. The molecular weight excluding hydrogens is 247 g/mol. The van der Waals surface area contributed by atoms with Crippen molar-refractivity contribution in [2.45, 2.75) is 12.2 Å². The molecule has 0 aliphatic heterocycles. The molecule has 0 saturated carbocycles. The molecule has 0 bridgehead atoms. The van der Waals surface area contributed by atoms with Crippen LogP contribution < -0.4 is 5.32 Å². The highest BCUT2D eigenvalue weighted by Crippen LogP contribution is 2.24. The maximum absolute atomic E-state index is 13.0. The number of nitro groups is 1. The van der Waals surface area contributed by atoms with E-state index < -0.39 is 21.5 Å². The molecule has 94 valence electrons. The van der Waals surface area contributed by atoms with Crippen molar-refractivity contribution >= 4 is 22.2 Å². The molecule has 1 aromatic rings. The van der Waals surface area contributed by atoms with Gasteiger partial charge in [0.1, 0.15) is 11.5 Å². The van der Waals surface area contributed by atoms with E-state index in [1.165, 1.54) is 0 Å². The van der Waals surface area contributed by atoms with Crippen molar-refractivity contribution in [2.24, 2.45) is 0 Å². The summed E-state index contributed by atoms with van der Waals surface area (Å²) in [5, 5.41) is 13.3. The number of benzene rings is 1. The van der Waals surface area contributed by atoms with E-state index in [2.05, 4.69) is 5.32 Å². The first kappa shape index (κ1) is 13.6. The molecule has 0 radical (unpaired) electrons. The van der Waals surface area contributed by atoms with Crippen molar-refractivity contribution in [1.29, 1.82) is 0 Å². The van der Waals surface area contributed by atoms with Crippen LogP contribution in [0.5, 0.6) is 0 Å². The minimum atomic E-state index is -1.03. The van der Waals surface area contributed by atoms with E-state index in [1.54, 1.807) is 13.2 Å². The van der Waals surface area contributed by atoms with Crippen molar-refractivity contribution in [1.82, 2.24) is 0 Å². The second-order valence-electron chi connectivity index (χ2n) is 3.61. The second-order valence-corrected chi connectivity index (χ2v) is 5.41. The molecule has 5 nitrogen and oxygen atoms in total. The van der Waals surface area contributed by atoms with Gasteiger partial charge in [0, 0.05) is 41.0 Å². The SMILES string of the molecule is CC(CNc1cc(F)ccc1[N+](=O)[O-])S(C)=O. The van der Waals surface area contributed by atoms with E-state index in [-0.39, 0.29) is 23.2 Å². The Bertz CT molecular complexity index is 453. The highest BCUT2D eigenvalue weighted by molar-refractivity contribution is 7.84. The van der Waals surface area contributed by atoms with Gasteiger partial charge in [-0.05, 0) is 13.0 Å². The van der Waals surface area contributed by atoms with Gasteiger partial charge in [-0.25, -0.2) is 4.39 Å². The van der Waals surface area contributed by atoms with Gasteiger partial charge in [-0.15, -0.1) is 0 Å². The summed E-state index contributed by atoms with van der Waals surface area (Å²) < 4.78 is 24.1. The van der Waals surface area contributed by atoms with Crippen LogP contribution in [-0.4, -0.2) is 27.2 Å². The van der Waals surface area contributed by atoms with Gasteiger partial charge in [0.05, 0.1) is 4.92 Å². The zero-order chi connectivity index (χ0) is 13.0. The number of nitro benzene ring substituents is 1. The van der Waals surface area contributed by atoms with Crippen LogP contribution in [0.4, 0.5) is 15.8 Å². The lowest BCUT2D eigenvalue weighted by Gasteiger charge is -2.11. The van der Waals surface area contributed by atoms with Crippen molar-refractivity contribution in [3.63, 3.8) is 0 Å². The lowest BCUT2D eigenvalue weighted by Crippen LogP contribution is -2.21. The average Bonchev–Trinajstić information content (AvgIpc) is 2.25. The predicted molar refractivity (Wildman–Crippen MR) is 65.1 cm³/mol. The van der Waals surface area contributed by atoms with Gasteiger partial charge in [-0.3, -0.25) is 14.3 Å². The minimum absolute atomic E-state index is 0.104. The van der Waals surface area contributed by atoms with E-state index in [4.69, 9.17) is 0 Å². The van der Waals surface area contributed by atoms with E-state index in [9.17, 15) is 18.7 Å². The van der Waals surface area contributed by atoms with Crippen molar-refractivity contribution in [2.75, 3.05) is 18.1 Å². The average molecular weight is 260 g/mol. The third-order valence-electron chi connectivity index (χ3n) is 2.30. The summed E-state index contributed by atoms with van der Waals surface area (Å²) >= 11 is 0. The summed E-state index contributed by atoms with van der Waals surface area (Å²) in [6, 6.07) is 3.19. The smallest absolute Gasteiger partial charge is 0.292 e.